The minimum Gasteiger partial charge on any atom is -0.0620 e. The topological polar surface area (TPSA) is 0 Å². The lowest BCUT2D eigenvalue weighted by atomic mass is 9.87. The zero-order valence-corrected chi connectivity index (χ0v) is 6.14. The van der Waals surface area contributed by atoms with Crippen molar-refractivity contribution in [2.45, 2.75) is 32.6 Å². The summed E-state index contributed by atoms with van der Waals surface area (Å²) in [6, 6.07) is 0. The number of rotatable bonds is 1. The third kappa shape index (κ3) is 0.889. The Labute approximate surface area is 57.6 Å². The Kier molecular flexibility index (Phi) is 1.28. The molecular weight excluding hydrogens is 108 g/mol. The van der Waals surface area contributed by atoms with Gasteiger partial charge in [-0.3, -0.25) is 0 Å². The average molecular weight is 123 g/mol. The summed E-state index contributed by atoms with van der Waals surface area (Å²) in [6.07, 6.45) is 8.49. The maximum Gasteiger partial charge on any atom is -0.0352 e. The predicted molar refractivity (Wildman–Crippen MR) is 38.9 cm³/mol. The van der Waals surface area contributed by atoms with Gasteiger partial charge in [0.05, 0.1) is 0 Å². The van der Waals surface area contributed by atoms with E-state index in [9.17, 15) is 0 Å². The highest BCUT2D eigenvalue weighted by Crippen LogP contribution is 2.53. The predicted octanol–water partition coefficient (Wildman–Crippen LogP) is 2.65. The quantitative estimate of drug-likeness (QED) is 0.503. The molecule has 0 bridgehead atoms. The van der Waals surface area contributed by atoms with Gasteiger partial charge in [-0.05, 0) is 37.0 Å². The molecule has 2 saturated carbocycles. The van der Waals surface area contributed by atoms with E-state index < -0.39 is 0 Å². The Bertz CT molecular complexity index is 107. The molecule has 2 aliphatic rings. The van der Waals surface area contributed by atoms with E-state index >= 15 is 0 Å². The molecule has 3 atom stereocenters. The van der Waals surface area contributed by atoms with E-state index in [4.69, 9.17) is 0 Å². The van der Waals surface area contributed by atoms with Gasteiger partial charge in [0.15, 0.2) is 0 Å². The van der Waals surface area contributed by atoms with Crippen molar-refractivity contribution in [3.63, 3.8) is 0 Å². The van der Waals surface area contributed by atoms with Gasteiger partial charge in [0, 0.05) is 0 Å². The molecule has 0 aliphatic heterocycles. The molecule has 0 N–H and O–H groups in total. The monoisotopic (exact) mass is 123 g/mol. The second-order valence-electron chi connectivity index (χ2n) is 3.59. The van der Waals surface area contributed by atoms with Crippen molar-refractivity contribution >= 4 is 0 Å². The summed E-state index contributed by atoms with van der Waals surface area (Å²) in [5, 5.41) is 0. The molecule has 0 amide bonds. The van der Waals surface area contributed by atoms with Gasteiger partial charge in [-0.2, -0.15) is 0 Å². The molecule has 2 aliphatic carbocycles. The maximum absolute atomic E-state index is 2.42. The van der Waals surface area contributed by atoms with Crippen LogP contribution in [-0.4, -0.2) is 0 Å². The largest absolute Gasteiger partial charge is 0.0620 e. The van der Waals surface area contributed by atoms with Crippen molar-refractivity contribution < 1.29 is 0 Å². The Morgan fingerprint density at radius 3 is 2.89 bits per heavy atom. The van der Waals surface area contributed by atoms with Crippen molar-refractivity contribution in [2.24, 2.45) is 17.8 Å². The fourth-order valence-electron chi connectivity index (χ4n) is 2.37. The number of hydrogen-bond donors (Lipinski definition) is 0. The molecule has 3 unspecified atom stereocenters. The van der Waals surface area contributed by atoms with Gasteiger partial charge in [0.25, 0.3) is 0 Å². The van der Waals surface area contributed by atoms with Gasteiger partial charge in [-0.25, -0.2) is 0 Å². The summed E-state index contributed by atoms with van der Waals surface area (Å²) in [5.41, 5.74) is 0. The fraction of sp³-hybridized carbons (Fsp3) is 0.889. The molecule has 0 aromatic heterocycles. The SMILES string of the molecule is C[CH]C1CCCC2CC12. The molecule has 0 aromatic carbocycles. The van der Waals surface area contributed by atoms with E-state index in [-0.39, 0.29) is 0 Å². The van der Waals surface area contributed by atoms with Crippen LogP contribution >= 0.6 is 0 Å². The lowest BCUT2D eigenvalue weighted by molar-refractivity contribution is 0.376. The first kappa shape index (κ1) is 5.76. The Morgan fingerprint density at radius 2 is 2.22 bits per heavy atom. The van der Waals surface area contributed by atoms with Crippen molar-refractivity contribution in [2.75, 3.05) is 0 Å². The van der Waals surface area contributed by atoms with Crippen LogP contribution in [0.25, 0.3) is 0 Å². The average Bonchev–Trinajstić information content (AvgIpc) is 2.64. The van der Waals surface area contributed by atoms with Crippen molar-refractivity contribution in [3.8, 4) is 0 Å². The highest BCUT2D eigenvalue weighted by atomic mass is 14.5. The van der Waals surface area contributed by atoms with Crippen molar-refractivity contribution in [3.05, 3.63) is 6.42 Å². The summed E-state index contributed by atoms with van der Waals surface area (Å²) in [4.78, 5) is 0. The molecule has 2 fully saturated rings. The minimum atomic E-state index is 1.00. The third-order valence-corrected chi connectivity index (χ3v) is 3.07. The van der Waals surface area contributed by atoms with Crippen LogP contribution in [0.4, 0.5) is 0 Å². The zero-order valence-electron chi connectivity index (χ0n) is 6.14. The van der Waals surface area contributed by atoms with E-state index in [0.29, 0.717) is 0 Å². The van der Waals surface area contributed by atoms with E-state index in [1.165, 1.54) is 19.3 Å². The molecule has 0 saturated heterocycles. The van der Waals surface area contributed by atoms with Gasteiger partial charge in [-0.15, -0.1) is 0 Å². The van der Waals surface area contributed by atoms with Crippen molar-refractivity contribution in [1.82, 2.24) is 0 Å². The first-order chi connectivity index (χ1) is 4.42. The summed E-state index contributed by atoms with van der Waals surface area (Å²) < 4.78 is 0. The summed E-state index contributed by atoms with van der Waals surface area (Å²) in [6.45, 7) is 2.23. The minimum absolute atomic E-state index is 1.00. The molecule has 1 radical (unpaired) electrons. The number of hydrogen-bond acceptors (Lipinski definition) is 0. The van der Waals surface area contributed by atoms with Gasteiger partial charge in [-0.1, -0.05) is 19.8 Å². The molecular formula is C9H15. The van der Waals surface area contributed by atoms with Crippen LogP contribution < -0.4 is 0 Å². The maximum atomic E-state index is 2.42. The normalized spacial score (nSPS) is 48.3. The van der Waals surface area contributed by atoms with Crippen LogP contribution in [0, 0.1) is 24.2 Å². The van der Waals surface area contributed by atoms with Gasteiger partial charge < -0.3 is 0 Å². The summed E-state index contributed by atoms with van der Waals surface area (Å²) >= 11 is 0. The van der Waals surface area contributed by atoms with E-state index in [1.54, 1.807) is 6.42 Å². The fourth-order valence-corrected chi connectivity index (χ4v) is 2.37. The number of fused-ring (bicyclic) bond motifs is 1. The lowest BCUT2D eigenvalue weighted by Gasteiger charge is -2.18. The Balaban J connectivity index is 1.93. The first-order valence-electron chi connectivity index (χ1n) is 4.21. The van der Waals surface area contributed by atoms with E-state index in [2.05, 4.69) is 13.3 Å². The van der Waals surface area contributed by atoms with Crippen molar-refractivity contribution in [1.29, 1.82) is 0 Å². The summed E-state index contributed by atoms with van der Waals surface area (Å²) in [5.74, 6) is 3.28. The summed E-state index contributed by atoms with van der Waals surface area (Å²) in [7, 11) is 0. The van der Waals surface area contributed by atoms with Crippen LogP contribution in [0.2, 0.25) is 0 Å². The zero-order chi connectivity index (χ0) is 6.27. The molecule has 51 valence electrons. The molecule has 0 spiro atoms. The van der Waals surface area contributed by atoms with Crippen LogP contribution in [-0.2, 0) is 0 Å². The highest BCUT2D eigenvalue weighted by molar-refractivity contribution is 4.98. The highest BCUT2D eigenvalue weighted by Gasteiger charge is 2.43. The standard InChI is InChI=1S/C9H15/c1-2-7-4-3-5-8-6-9(7)8/h2,7-9H,3-6H2,1H3. The molecule has 0 heteroatoms. The van der Waals surface area contributed by atoms with Crippen LogP contribution in [0.15, 0.2) is 0 Å². The molecule has 0 nitrogen and oxygen atoms in total. The van der Waals surface area contributed by atoms with Crippen LogP contribution in [0.3, 0.4) is 0 Å². The second kappa shape index (κ2) is 2.00. The first-order valence-corrected chi connectivity index (χ1v) is 4.21. The van der Waals surface area contributed by atoms with E-state index in [1.807, 2.05) is 0 Å². The van der Waals surface area contributed by atoms with Gasteiger partial charge >= 0.3 is 0 Å². The second-order valence-corrected chi connectivity index (χ2v) is 3.59. The lowest BCUT2D eigenvalue weighted by Crippen LogP contribution is -2.08. The van der Waals surface area contributed by atoms with Gasteiger partial charge in [0.2, 0.25) is 0 Å². The molecule has 0 heterocycles. The van der Waals surface area contributed by atoms with Gasteiger partial charge in [0.1, 0.15) is 0 Å². The molecule has 0 aromatic rings. The van der Waals surface area contributed by atoms with Crippen LogP contribution in [0.1, 0.15) is 32.6 Å². The Morgan fingerprint density at radius 1 is 1.33 bits per heavy atom. The molecule has 9 heavy (non-hydrogen) atoms. The molecule has 2 rings (SSSR count). The van der Waals surface area contributed by atoms with E-state index in [0.717, 1.165) is 17.8 Å². The smallest absolute Gasteiger partial charge is 0.0352 e. The van der Waals surface area contributed by atoms with Crippen LogP contribution in [0.5, 0.6) is 0 Å². The Hall–Kier alpha value is 0. The third-order valence-electron chi connectivity index (χ3n) is 3.07.